The van der Waals surface area contributed by atoms with Crippen LogP contribution in [0.4, 0.5) is 0 Å². The molecular formula is C9H17O. The van der Waals surface area contributed by atoms with Gasteiger partial charge in [0.05, 0.1) is 6.61 Å². The van der Waals surface area contributed by atoms with Gasteiger partial charge in [-0.05, 0) is 25.2 Å². The SMILES string of the molecule is CCCOC[C](C)C1CC1. The zero-order valence-corrected chi connectivity index (χ0v) is 7.02. The Morgan fingerprint density at radius 2 is 2.20 bits per heavy atom. The Morgan fingerprint density at radius 1 is 1.50 bits per heavy atom. The molecule has 1 nitrogen and oxygen atoms in total. The number of hydrogen-bond donors (Lipinski definition) is 0. The summed E-state index contributed by atoms with van der Waals surface area (Å²) in [5.74, 6) is 2.46. The summed E-state index contributed by atoms with van der Waals surface area (Å²) < 4.78 is 5.41. The second-order valence-electron chi connectivity index (χ2n) is 3.17. The summed E-state index contributed by atoms with van der Waals surface area (Å²) in [4.78, 5) is 0. The van der Waals surface area contributed by atoms with E-state index >= 15 is 0 Å². The summed E-state index contributed by atoms with van der Waals surface area (Å²) in [5.41, 5.74) is 0. The van der Waals surface area contributed by atoms with Crippen LogP contribution in [0.2, 0.25) is 0 Å². The van der Waals surface area contributed by atoms with E-state index < -0.39 is 0 Å². The zero-order valence-electron chi connectivity index (χ0n) is 7.02. The van der Waals surface area contributed by atoms with Crippen molar-refractivity contribution in [1.82, 2.24) is 0 Å². The van der Waals surface area contributed by atoms with Gasteiger partial charge in [-0.3, -0.25) is 0 Å². The Hall–Kier alpha value is -0.0400. The van der Waals surface area contributed by atoms with Crippen molar-refractivity contribution < 1.29 is 4.74 Å². The van der Waals surface area contributed by atoms with E-state index in [1.165, 1.54) is 12.8 Å². The van der Waals surface area contributed by atoms with Crippen LogP contribution in [0, 0.1) is 11.8 Å². The van der Waals surface area contributed by atoms with E-state index in [0.29, 0.717) is 0 Å². The van der Waals surface area contributed by atoms with Crippen LogP contribution in [-0.4, -0.2) is 13.2 Å². The van der Waals surface area contributed by atoms with Crippen molar-refractivity contribution in [2.45, 2.75) is 33.1 Å². The molecule has 1 aliphatic rings. The fraction of sp³-hybridized carbons (Fsp3) is 0.889. The first-order valence-electron chi connectivity index (χ1n) is 4.24. The Labute approximate surface area is 63.8 Å². The molecule has 0 N–H and O–H groups in total. The monoisotopic (exact) mass is 141 g/mol. The minimum absolute atomic E-state index is 0.901. The molecular weight excluding hydrogens is 124 g/mol. The molecule has 0 amide bonds. The van der Waals surface area contributed by atoms with Crippen LogP contribution in [-0.2, 0) is 4.74 Å². The van der Waals surface area contributed by atoms with Crippen molar-refractivity contribution in [1.29, 1.82) is 0 Å². The van der Waals surface area contributed by atoms with Crippen molar-refractivity contribution in [3.63, 3.8) is 0 Å². The topological polar surface area (TPSA) is 9.23 Å². The molecule has 10 heavy (non-hydrogen) atoms. The molecule has 1 fully saturated rings. The fourth-order valence-electron chi connectivity index (χ4n) is 1.07. The Morgan fingerprint density at radius 3 is 2.70 bits per heavy atom. The molecule has 0 bridgehead atoms. The third kappa shape index (κ3) is 2.70. The molecule has 1 saturated carbocycles. The third-order valence-corrected chi connectivity index (χ3v) is 1.95. The van der Waals surface area contributed by atoms with Crippen LogP contribution in [0.5, 0.6) is 0 Å². The van der Waals surface area contributed by atoms with E-state index in [9.17, 15) is 0 Å². The molecule has 0 aliphatic heterocycles. The minimum Gasteiger partial charge on any atom is -0.381 e. The predicted octanol–water partition coefficient (Wildman–Crippen LogP) is 2.42. The largest absolute Gasteiger partial charge is 0.381 e. The highest BCUT2D eigenvalue weighted by molar-refractivity contribution is 4.99. The van der Waals surface area contributed by atoms with Crippen LogP contribution in [0.15, 0.2) is 0 Å². The summed E-state index contributed by atoms with van der Waals surface area (Å²) in [5, 5.41) is 0. The normalized spacial score (nSPS) is 18.3. The molecule has 1 rings (SSSR count). The molecule has 0 aromatic rings. The van der Waals surface area contributed by atoms with Gasteiger partial charge < -0.3 is 4.74 Å². The second-order valence-corrected chi connectivity index (χ2v) is 3.17. The van der Waals surface area contributed by atoms with E-state index in [1.807, 2.05) is 0 Å². The Bertz CT molecular complexity index is 86.7. The Balaban J connectivity index is 1.90. The van der Waals surface area contributed by atoms with Crippen LogP contribution in [0.1, 0.15) is 33.1 Å². The van der Waals surface area contributed by atoms with Crippen LogP contribution < -0.4 is 0 Å². The van der Waals surface area contributed by atoms with Crippen molar-refractivity contribution in [2.24, 2.45) is 5.92 Å². The summed E-state index contributed by atoms with van der Waals surface area (Å²) in [7, 11) is 0. The highest BCUT2D eigenvalue weighted by Gasteiger charge is 2.27. The smallest absolute Gasteiger partial charge is 0.0528 e. The van der Waals surface area contributed by atoms with E-state index in [2.05, 4.69) is 13.8 Å². The molecule has 0 saturated heterocycles. The quantitative estimate of drug-likeness (QED) is 0.534. The lowest BCUT2D eigenvalue weighted by molar-refractivity contribution is 0.140. The predicted molar refractivity (Wildman–Crippen MR) is 42.8 cm³/mol. The van der Waals surface area contributed by atoms with Crippen molar-refractivity contribution >= 4 is 0 Å². The average Bonchev–Trinajstić information content (AvgIpc) is 2.69. The van der Waals surface area contributed by atoms with Gasteiger partial charge in [0.1, 0.15) is 0 Å². The number of rotatable bonds is 5. The average molecular weight is 141 g/mol. The zero-order chi connectivity index (χ0) is 7.40. The first-order chi connectivity index (χ1) is 4.84. The fourth-order valence-corrected chi connectivity index (χ4v) is 1.07. The lowest BCUT2D eigenvalue weighted by Gasteiger charge is -2.08. The third-order valence-electron chi connectivity index (χ3n) is 1.95. The standard InChI is InChI=1S/C9H17O/c1-3-6-10-7-8(2)9-4-5-9/h9H,3-7H2,1-2H3. The molecule has 1 radical (unpaired) electrons. The van der Waals surface area contributed by atoms with Gasteiger partial charge in [-0.1, -0.05) is 13.8 Å². The summed E-state index contributed by atoms with van der Waals surface area (Å²) in [6, 6.07) is 0. The van der Waals surface area contributed by atoms with Gasteiger partial charge in [0.25, 0.3) is 0 Å². The minimum atomic E-state index is 0.901. The van der Waals surface area contributed by atoms with E-state index in [4.69, 9.17) is 4.74 Å². The molecule has 1 heteroatoms. The van der Waals surface area contributed by atoms with E-state index in [0.717, 1.165) is 25.6 Å². The number of ether oxygens (including phenoxy) is 1. The first-order valence-corrected chi connectivity index (χ1v) is 4.24. The lowest BCUT2D eigenvalue weighted by Crippen LogP contribution is -2.05. The maximum Gasteiger partial charge on any atom is 0.0528 e. The van der Waals surface area contributed by atoms with Gasteiger partial charge in [-0.25, -0.2) is 0 Å². The summed E-state index contributed by atoms with van der Waals surface area (Å²) in [6.07, 6.45) is 3.95. The number of hydrogen-bond acceptors (Lipinski definition) is 1. The molecule has 0 unspecified atom stereocenters. The van der Waals surface area contributed by atoms with Gasteiger partial charge in [0, 0.05) is 12.5 Å². The first kappa shape index (κ1) is 8.06. The molecule has 0 aromatic carbocycles. The van der Waals surface area contributed by atoms with Gasteiger partial charge >= 0.3 is 0 Å². The molecule has 0 spiro atoms. The highest BCUT2D eigenvalue weighted by Crippen LogP contribution is 2.37. The maximum atomic E-state index is 5.41. The van der Waals surface area contributed by atoms with Gasteiger partial charge in [-0.2, -0.15) is 0 Å². The molecule has 1 aliphatic carbocycles. The van der Waals surface area contributed by atoms with Crippen molar-refractivity contribution in [3.05, 3.63) is 5.92 Å². The summed E-state index contributed by atoms with van der Waals surface area (Å²) >= 11 is 0. The maximum absolute atomic E-state index is 5.41. The lowest BCUT2D eigenvalue weighted by atomic mass is 10.1. The van der Waals surface area contributed by atoms with Crippen molar-refractivity contribution in [3.8, 4) is 0 Å². The molecule has 0 heterocycles. The van der Waals surface area contributed by atoms with Crippen LogP contribution in [0.3, 0.4) is 0 Å². The van der Waals surface area contributed by atoms with Crippen molar-refractivity contribution in [2.75, 3.05) is 13.2 Å². The molecule has 59 valence electrons. The molecule has 0 atom stereocenters. The Kier molecular flexibility index (Phi) is 3.20. The second kappa shape index (κ2) is 3.97. The summed E-state index contributed by atoms with van der Waals surface area (Å²) in [6.45, 7) is 6.18. The van der Waals surface area contributed by atoms with Crippen LogP contribution >= 0.6 is 0 Å². The van der Waals surface area contributed by atoms with E-state index in [1.54, 1.807) is 5.92 Å². The highest BCUT2D eigenvalue weighted by atomic mass is 16.5. The van der Waals surface area contributed by atoms with Gasteiger partial charge in [0.2, 0.25) is 0 Å². The van der Waals surface area contributed by atoms with Gasteiger partial charge in [-0.15, -0.1) is 0 Å². The van der Waals surface area contributed by atoms with Gasteiger partial charge in [0.15, 0.2) is 0 Å². The van der Waals surface area contributed by atoms with Crippen LogP contribution in [0.25, 0.3) is 0 Å². The molecule has 0 aromatic heterocycles. The van der Waals surface area contributed by atoms with E-state index in [-0.39, 0.29) is 0 Å².